The van der Waals surface area contributed by atoms with E-state index in [1.165, 1.54) is 6.26 Å². The number of ketones is 1. The zero-order valence-electron chi connectivity index (χ0n) is 19.8. The zero-order chi connectivity index (χ0) is 25.1. The molecular weight excluding hydrogens is 458 g/mol. The van der Waals surface area contributed by atoms with Crippen LogP contribution in [0, 0.1) is 6.92 Å². The van der Waals surface area contributed by atoms with E-state index >= 15 is 0 Å². The van der Waals surface area contributed by atoms with Crippen LogP contribution in [0.4, 0.5) is 5.69 Å². The van der Waals surface area contributed by atoms with Crippen LogP contribution in [0.15, 0.2) is 69.7 Å². The molecule has 0 aliphatic heterocycles. The van der Waals surface area contributed by atoms with Gasteiger partial charge in [0, 0.05) is 24.1 Å². The molecule has 2 N–H and O–H groups in total. The molecule has 2 aromatic heterocycles. The molecule has 2 amide bonds. The van der Waals surface area contributed by atoms with Gasteiger partial charge in [-0.3, -0.25) is 14.4 Å². The van der Waals surface area contributed by atoms with Crippen molar-refractivity contribution < 1.29 is 23.2 Å². The third-order valence-corrected chi connectivity index (χ3v) is 6.13. The minimum atomic E-state index is -0.380. The van der Waals surface area contributed by atoms with E-state index in [4.69, 9.17) is 8.83 Å². The van der Waals surface area contributed by atoms with Gasteiger partial charge in [0.2, 0.25) is 11.8 Å². The third kappa shape index (κ3) is 4.98. The quantitative estimate of drug-likeness (QED) is 0.387. The third-order valence-electron chi connectivity index (χ3n) is 6.13. The van der Waals surface area contributed by atoms with Crippen molar-refractivity contribution in [2.75, 3.05) is 5.32 Å². The molecule has 2 aromatic carbocycles. The molecule has 8 heteroatoms. The van der Waals surface area contributed by atoms with Crippen LogP contribution in [0.2, 0.25) is 0 Å². The highest BCUT2D eigenvalue weighted by Crippen LogP contribution is 2.27. The molecule has 1 aliphatic carbocycles. The van der Waals surface area contributed by atoms with E-state index in [1.807, 2.05) is 42.5 Å². The number of hydrogen-bond donors (Lipinski definition) is 2. The summed E-state index contributed by atoms with van der Waals surface area (Å²) in [6.07, 6.45) is 3.48. The molecule has 182 valence electrons. The fraction of sp³-hybridized carbons (Fsp3) is 0.214. The maximum Gasteiger partial charge on any atom is 0.255 e. The number of rotatable bonds is 7. The number of hydrogen-bond acceptors (Lipinski definition) is 6. The van der Waals surface area contributed by atoms with Crippen molar-refractivity contribution in [1.29, 1.82) is 0 Å². The summed E-state index contributed by atoms with van der Waals surface area (Å²) in [5.41, 5.74) is 3.61. The van der Waals surface area contributed by atoms with Gasteiger partial charge in [-0.25, -0.2) is 4.98 Å². The Hall–Kier alpha value is -4.46. The van der Waals surface area contributed by atoms with Gasteiger partial charge in [-0.1, -0.05) is 30.3 Å². The van der Waals surface area contributed by atoms with Crippen LogP contribution < -0.4 is 10.6 Å². The van der Waals surface area contributed by atoms with Crippen molar-refractivity contribution in [2.24, 2.45) is 0 Å². The van der Waals surface area contributed by atoms with Gasteiger partial charge < -0.3 is 19.5 Å². The Bertz CT molecular complexity index is 1420. The van der Waals surface area contributed by atoms with Crippen molar-refractivity contribution >= 4 is 23.3 Å². The number of furan rings is 1. The summed E-state index contributed by atoms with van der Waals surface area (Å²) in [5.74, 6) is 1.03. The Kier molecular flexibility index (Phi) is 6.49. The fourth-order valence-electron chi connectivity index (χ4n) is 4.25. The number of amides is 2. The Morgan fingerprint density at radius 1 is 1.03 bits per heavy atom. The predicted molar refractivity (Wildman–Crippen MR) is 133 cm³/mol. The molecule has 0 saturated heterocycles. The largest absolute Gasteiger partial charge is 0.468 e. The van der Waals surface area contributed by atoms with Crippen LogP contribution in [-0.4, -0.2) is 22.6 Å². The van der Waals surface area contributed by atoms with Crippen molar-refractivity contribution in [3.63, 3.8) is 0 Å². The average molecular weight is 484 g/mol. The lowest BCUT2D eigenvalue weighted by molar-refractivity contribution is -0.115. The molecule has 0 spiro atoms. The molecule has 0 fully saturated rings. The van der Waals surface area contributed by atoms with E-state index in [1.54, 1.807) is 19.1 Å². The Morgan fingerprint density at radius 3 is 2.58 bits per heavy atom. The monoisotopic (exact) mass is 483 g/mol. The zero-order valence-corrected chi connectivity index (χ0v) is 19.8. The lowest BCUT2D eigenvalue weighted by atomic mass is 9.94. The highest BCUT2D eigenvalue weighted by Gasteiger charge is 2.28. The van der Waals surface area contributed by atoms with Crippen molar-refractivity contribution in [2.45, 2.75) is 39.2 Å². The van der Waals surface area contributed by atoms with E-state index < -0.39 is 0 Å². The molecule has 0 unspecified atom stereocenters. The van der Waals surface area contributed by atoms with E-state index in [0.29, 0.717) is 53.6 Å². The highest BCUT2D eigenvalue weighted by atomic mass is 16.4. The first-order chi connectivity index (χ1) is 17.5. The van der Waals surface area contributed by atoms with Gasteiger partial charge in [0.05, 0.1) is 24.1 Å². The van der Waals surface area contributed by atoms with Gasteiger partial charge in [-0.15, -0.1) is 0 Å². The summed E-state index contributed by atoms with van der Waals surface area (Å²) >= 11 is 0. The molecule has 5 rings (SSSR count). The van der Waals surface area contributed by atoms with Gasteiger partial charge in [0.25, 0.3) is 5.91 Å². The van der Waals surface area contributed by atoms with Crippen LogP contribution in [0.3, 0.4) is 0 Å². The number of benzene rings is 2. The second kappa shape index (κ2) is 10.0. The number of carbonyl (C=O) groups excluding carboxylic acids is 3. The smallest absolute Gasteiger partial charge is 0.255 e. The van der Waals surface area contributed by atoms with Gasteiger partial charge in [0.15, 0.2) is 5.78 Å². The molecule has 1 aliphatic rings. The Morgan fingerprint density at radius 2 is 1.81 bits per heavy atom. The fourth-order valence-corrected chi connectivity index (χ4v) is 4.25. The second-order valence-electron chi connectivity index (χ2n) is 8.72. The maximum atomic E-state index is 12.7. The van der Waals surface area contributed by atoms with Gasteiger partial charge in [0.1, 0.15) is 23.5 Å². The SMILES string of the molecule is Cc1oc(-c2ccc(NC(=O)Cc3ccccc3)cc2)nc1CNC(=O)c1coc2c1C(=O)CCC2. The molecule has 4 aromatic rings. The van der Waals surface area contributed by atoms with Gasteiger partial charge in [-0.05, 0) is 43.2 Å². The first-order valence-electron chi connectivity index (χ1n) is 11.8. The number of nitrogens with zero attached hydrogens (tertiary/aromatic N) is 1. The second-order valence-corrected chi connectivity index (χ2v) is 8.72. The van der Waals surface area contributed by atoms with Gasteiger partial charge in [-0.2, -0.15) is 0 Å². The van der Waals surface area contributed by atoms with Crippen LogP contribution in [0.25, 0.3) is 11.5 Å². The summed E-state index contributed by atoms with van der Waals surface area (Å²) in [7, 11) is 0. The first kappa shape index (κ1) is 23.3. The Balaban J connectivity index is 1.21. The first-order valence-corrected chi connectivity index (χ1v) is 11.8. The molecule has 0 atom stereocenters. The van der Waals surface area contributed by atoms with Gasteiger partial charge >= 0.3 is 0 Å². The lowest BCUT2D eigenvalue weighted by Crippen LogP contribution is -2.25. The number of anilines is 1. The number of Topliss-reactive ketones (excluding diaryl/α,β-unsaturated/α-hetero) is 1. The van der Waals surface area contributed by atoms with E-state index in [2.05, 4.69) is 15.6 Å². The minimum absolute atomic E-state index is 0.0604. The molecule has 0 radical (unpaired) electrons. The van der Waals surface area contributed by atoms with Crippen molar-refractivity contribution in [3.05, 3.63) is 94.8 Å². The number of carbonyl (C=O) groups is 3. The summed E-state index contributed by atoms with van der Waals surface area (Å²) in [6.45, 7) is 1.93. The Labute approximate surface area is 207 Å². The molecule has 8 nitrogen and oxygen atoms in total. The summed E-state index contributed by atoms with van der Waals surface area (Å²) in [4.78, 5) is 41.8. The summed E-state index contributed by atoms with van der Waals surface area (Å²) in [5, 5.41) is 5.69. The topological polar surface area (TPSA) is 114 Å². The maximum absolute atomic E-state index is 12.7. The number of oxazole rings is 1. The molecule has 36 heavy (non-hydrogen) atoms. The van der Waals surface area contributed by atoms with E-state index in [0.717, 1.165) is 17.5 Å². The number of aromatic nitrogens is 1. The van der Waals surface area contributed by atoms with Crippen LogP contribution in [-0.2, 0) is 24.2 Å². The van der Waals surface area contributed by atoms with E-state index in [9.17, 15) is 14.4 Å². The number of fused-ring (bicyclic) bond motifs is 1. The van der Waals surface area contributed by atoms with Crippen molar-refractivity contribution in [1.82, 2.24) is 10.3 Å². The highest BCUT2D eigenvalue weighted by molar-refractivity contribution is 6.09. The predicted octanol–water partition coefficient (Wildman–Crippen LogP) is 4.87. The number of aryl methyl sites for hydroxylation is 2. The standard InChI is InChI=1S/C28H25N3O5/c1-17-22(15-29-27(34)21-16-35-24-9-5-8-23(32)26(21)24)31-28(36-17)19-10-12-20(13-11-19)30-25(33)14-18-6-3-2-4-7-18/h2-4,6-7,10-13,16H,5,8-9,14-15H2,1H3,(H,29,34)(H,30,33). The average Bonchev–Trinajstić information content (AvgIpc) is 3.48. The van der Waals surface area contributed by atoms with Crippen LogP contribution in [0.5, 0.6) is 0 Å². The summed E-state index contributed by atoms with van der Waals surface area (Å²) < 4.78 is 11.2. The number of nitrogens with one attached hydrogen (secondary N) is 2. The molecule has 0 saturated carbocycles. The molecule has 2 heterocycles. The normalized spacial score (nSPS) is 12.8. The van der Waals surface area contributed by atoms with E-state index in [-0.39, 0.29) is 29.7 Å². The summed E-state index contributed by atoms with van der Waals surface area (Å²) in [6, 6.07) is 16.8. The van der Waals surface area contributed by atoms with Crippen LogP contribution >= 0.6 is 0 Å². The van der Waals surface area contributed by atoms with Crippen molar-refractivity contribution in [3.8, 4) is 11.5 Å². The minimum Gasteiger partial charge on any atom is -0.468 e. The molecule has 0 bridgehead atoms. The lowest BCUT2D eigenvalue weighted by Gasteiger charge is -2.10. The van der Waals surface area contributed by atoms with Crippen LogP contribution in [0.1, 0.15) is 56.3 Å². The molecular formula is C28H25N3O5.